The molecule has 1 aromatic rings. The van der Waals surface area contributed by atoms with Gasteiger partial charge in [-0.1, -0.05) is 13.8 Å². The Bertz CT molecular complexity index is 458. The molecular formula is C16H28N4S. The maximum Gasteiger partial charge on any atom is 0.137 e. The first kappa shape index (κ1) is 16.4. The van der Waals surface area contributed by atoms with Gasteiger partial charge in [0, 0.05) is 37.4 Å². The number of nitrogens with zero attached hydrogens (tertiary/aromatic N) is 3. The average molecular weight is 308 g/mol. The van der Waals surface area contributed by atoms with Gasteiger partial charge in [0.15, 0.2) is 0 Å². The summed E-state index contributed by atoms with van der Waals surface area (Å²) < 4.78 is 0. The second-order valence-electron chi connectivity index (χ2n) is 5.74. The van der Waals surface area contributed by atoms with E-state index in [0.717, 1.165) is 43.3 Å². The maximum atomic E-state index is 4.84. The van der Waals surface area contributed by atoms with Gasteiger partial charge in [0.25, 0.3) is 0 Å². The van der Waals surface area contributed by atoms with Crippen molar-refractivity contribution < 1.29 is 0 Å². The first-order valence-corrected chi connectivity index (χ1v) is 9.24. The first-order valence-electron chi connectivity index (χ1n) is 8.09. The van der Waals surface area contributed by atoms with Gasteiger partial charge in [0.1, 0.15) is 17.5 Å². The predicted molar refractivity (Wildman–Crippen MR) is 93.7 cm³/mol. The number of aryl methyl sites for hydroxylation is 1. The van der Waals surface area contributed by atoms with Crippen molar-refractivity contribution in [3.63, 3.8) is 0 Å². The third kappa shape index (κ3) is 4.02. The summed E-state index contributed by atoms with van der Waals surface area (Å²) in [6.07, 6.45) is 4.39. The summed E-state index contributed by atoms with van der Waals surface area (Å²) in [5, 5.41) is 3.46. The molecule has 0 aliphatic carbocycles. The zero-order valence-corrected chi connectivity index (χ0v) is 14.6. The largest absolute Gasteiger partial charge is 0.370 e. The second kappa shape index (κ2) is 7.87. The molecule has 21 heavy (non-hydrogen) atoms. The molecule has 2 rings (SSSR count). The van der Waals surface area contributed by atoms with Crippen LogP contribution in [0, 0.1) is 6.92 Å². The van der Waals surface area contributed by atoms with Crippen LogP contribution in [0.4, 0.5) is 11.6 Å². The summed E-state index contributed by atoms with van der Waals surface area (Å²) in [7, 11) is 2.19. The van der Waals surface area contributed by atoms with Gasteiger partial charge in [-0.2, -0.15) is 11.8 Å². The van der Waals surface area contributed by atoms with Gasteiger partial charge in [-0.05, 0) is 31.9 Å². The minimum Gasteiger partial charge on any atom is -0.370 e. The minimum absolute atomic E-state index is 0.608. The van der Waals surface area contributed by atoms with Crippen LogP contribution in [0.25, 0.3) is 0 Å². The highest BCUT2D eigenvalue weighted by Crippen LogP contribution is 2.29. The molecule has 1 atom stereocenters. The maximum absolute atomic E-state index is 4.84. The Morgan fingerprint density at radius 3 is 2.71 bits per heavy atom. The molecule has 1 aliphatic rings. The number of rotatable bonds is 7. The van der Waals surface area contributed by atoms with Crippen LogP contribution in [0.5, 0.6) is 0 Å². The summed E-state index contributed by atoms with van der Waals surface area (Å²) >= 11 is 2.04. The molecule has 118 valence electrons. The summed E-state index contributed by atoms with van der Waals surface area (Å²) in [5.41, 5.74) is 1.18. The number of aromatic nitrogens is 2. The fourth-order valence-corrected chi connectivity index (χ4v) is 3.91. The Morgan fingerprint density at radius 1 is 1.29 bits per heavy atom. The van der Waals surface area contributed by atoms with Crippen molar-refractivity contribution in [3.05, 3.63) is 11.4 Å². The van der Waals surface area contributed by atoms with E-state index in [-0.39, 0.29) is 0 Å². The van der Waals surface area contributed by atoms with Gasteiger partial charge >= 0.3 is 0 Å². The van der Waals surface area contributed by atoms with Gasteiger partial charge < -0.3 is 10.2 Å². The number of anilines is 2. The topological polar surface area (TPSA) is 41.1 Å². The van der Waals surface area contributed by atoms with Crippen LogP contribution in [0.1, 0.15) is 44.5 Å². The van der Waals surface area contributed by atoms with Crippen LogP contribution < -0.4 is 10.2 Å². The number of hydrogen-bond acceptors (Lipinski definition) is 5. The Labute approximate surface area is 133 Å². The van der Waals surface area contributed by atoms with Gasteiger partial charge in [-0.3, -0.25) is 0 Å². The molecule has 1 saturated heterocycles. The van der Waals surface area contributed by atoms with E-state index in [1.165, 1.54) is 23.5 Å². The van der Waals surface area contributed by atoms with Gasteiger partial charge in [0.05, 0.1) is 0 Å². The molecule has 1 fully saturated rings. The summed E-state index contributed by atoms with van der Waals surface area (Å²) in [6, 6.07) is 0.608. The summed E-state index contributed by atoms with van der Waals surface area (Å²) in [6.45, 7) is 7.46. The van der Waals surface area contributed by atoms with Crippen molar-refractivity contribution >= 4 is 23.4 Å². The monoisotopic (exact) mass is 308 g/mol. The highest BCUT2D eigenvalue weighted by Gasteiger charge is 2.24. The van der Waals surface area contributed by atoms with Crippen molar-refractivity contribution in [3.8, 4) is 0 Å². The summed E-state index contributed by atoms with van der Waals surface area (Å²) in [4.78, 5) is 11.9. The van der Waals surface area contributed by atoms with E-state index in [0.29, 0.717) is 6.04 Å². The predicted octanol–water partition coefficient (Wildman–Crippen LogP) is 3.50. The van der Waals surface area contributed by atoms with Gasteiger partial charge in [0.2, 0.25) is 0 Å². The average Bonchev–Trinajstić information content (AvgIpc) is 3.01. The Hall–Kier alpha value is -0.970. The van der Waals surface area contributed by atoms with E-state index in [1.54, 1.807) is 0 Å². The molecule has 1 N–H and O–H groups in total. The Kier molecular flexibility index (Phi) is 6.15. The lowest BCUT2D eigenvalue weighted by atomic mass is 10.2. The third-order valence-electron chi connectivity index (χ3n) is 3.97. The molecule has 1 aliphatic heterocycles. The molecule has 1 unspecified atom stereocenters. The Balaban J connectivity index is 2.30. The molecule has 5 heteroatoms. The lowest BCUT2D eigenvalue weighted by Gasteiger charge is -2.27. The van der Waals surface area contributed by atoms with Crippen LogP contribution in [0.2, 0.25) is 0 Å². The second-order valence-corrected chi connectivity index (χ2v) is 6.89. The van der Waals surface area contributed by atoms with E-state index in [4.69, 9.17) is 9.97 Å². The van der Waals surface area contributed by atoms with E-state index < -0.39 is 0 Å². The fourth-order valence-electron chi connectivity index (χ4n) is 2.64. The molecule has 0 bridgehead atoms. The van der Waals surface area contributed by atoms with Crippen molar-refractivity contribution in [2.45, 2.75) is 52.5 Å². The highest BCUT2D eigenvalue weighted by molar-refractivity contribution is 7.99. The van der Waals surface area contributed by atoms with Crippen molar-refractivity contribution in [1.29, 1.82) is 0 Å². The van der Waals surface area contributed by atoms with Gasteiger partial charge in [-0.25, -0.2) is 9.97 Å². The SMILES string of the molecule is CCCNc1nc(CCC)nc(N(C)C2CCSC2)c1C. The molecule has 2 heterocycles. The normalized spacial score (nSPS) is 18.0. The van der Waals surface area contributed by atoms with Crippen LogP contribution in [0.15, 0.2) is 0 Å². The number of nitrogens with one attached hydrogen (secondary N) is 1. The first-order chi connectivity index (χ1) is 10.2. The molecule has 0 spiro atoms. The Morgan fingerprint density at radius 2 is 2.10 bits per heavy atom. The quantitative estimate of drug-likeness (QED) is 0.835. The van der Waals surface area contributed by atoms with Crippen LogP contribution in [-0.2, 0) is 6.42 Å². The van der Waals surface area contributed by atoms with E-state index in [1.807, 2.05) is 11.8 Å². The standard InChI is InChI=1S/C16H28N4S/c1-5-7-14-18-15(17-9-6-2)12(3)16(19-14)20(4)13-8-10-21-11-13/h13H,5-11H2,1-4H3,(H,17,18,19). The smallest absolute Gasteiger partial charge is 0.137 e. The molecule has 0 aromatic carbocycles. The molecule has 0 saturated carbocycles. The fraction of sp³-hybridized carbons (Fsp3) is 0.750. The zero-order chi connectivity index (χ0) is 15.2. The highest BCUT2D eigenvalue weighted by atomic mass is 32.2. The van der Waals surface area contributed by atoms with E-state index in [9.17, 15) is 0 Å². The third-order valence-corrected chi connectivity index (χ3v) is 5.11. The summed E-state index contributed by atoms with van der Waals surface area (Å²) in [5.74, 6) is 5.57. The zero-order valence-electron chi connectivity index (χ0n) is 13.8. The van der Waals surface area contributed by atoms with Crippen molar-refractivity contribution in [1.82, 2.24) is 9.97 Å². The minimum atomic E-state index is 0.608. The lowest BCUT2D eigenvalue weighted by Crippen LogP contribution is -2.33. The van der Waals surface area contributed by atoms with Crippen LogP contribution >= 0.6 is 11.8 Å². The molecular weight excluding hydrogens is 280 g/mol. The molecule has 1 aromatic heterocycles. The molecule has 0 amide bonds. The lowest BCUT2D eigenvalue weighted by molar-refractivity contribution is 0.683. The van der Waals surface area contributed by atoms with Crippen LogP contribution in [-0.4, -0.2) is 41.1 Å². The van der Waals surface area contributed by atoms with Crippen molar-refractivity contribution in [2.75, 3.05) is 35.3 Å². The molecule has 4 nitrogen and oxygen atoms in total. The molecule has 0 radical (unpaired) electrons. The van der Waals surface area contributed by atoms with Crippen molar-refractivity contribution in [2.24, 2.45) is 0 Å². The van der Waals surface area contributed by atoms with E-state index in [2.05, 4.69) is 38.0 Å². The number of hydrogen-bond donors (Lipinski definition) is 1. The number of thioether (sulfide) groups is 1. The van der Waals surface area contributed by atoms with E-state index >= 15 is 0 Å². The van der Waals surface area contributed by atoms with Gasteiger partial charge in [-0.15, -0.1) is 0 Å². The van der Waals surface area contributed by atoms with Crippen LogP contribution in [0.3, 0.4) is 0 Å².